The number of hydrogen-bond donors (Lipinski definition) is 1. The molecular weight excluding hydrogens is 300 g/mol. The summed E-state index contributed by atoms with van der Waals surface area (Å²) in [7, 11) is 2.10. The molecule has 1 unspecified atom stereocenters. The summed E-state index contributed by atoms with van der Waals surface area (Å²) in [5.74, 6) is 0.611. The zero-order valence-electron chi connectivity index (χ0n) is 13.9. The quantitative estimate of drug-likeness (QED) is 0.937. The maximum absolute atomic E-state index is 9.30. The molecule has 6 heteroatoms. The maximum Gasteiger partial charge on any atom is 0.141 e. The average molecular weight is 322 g/mol. The average Bonchev–Trinajstić information content (AvgIpc) is 3.33. The monoisotopic (exact) mass is 322 g/mol. The van der Waals surface area contributed by atoms with Crippen LogP contribution >= 0.6 is 0 Å². The smallest absolute Gasteiger partial charge is 0.141 e. The first-order chi connectivity index (χ1) is 11.8. The predicted molar refractivity (Wildman–Crippen MR) is 92.3 cm³/mol. The SMILES string of the molecule is CN1CC(c2ncnc3[nH]ccc23)=CN1C(CC#N)C1CCCC1. The lowest BCUT2D eigenvalue weighted by atomic mass is 9.95. The van der Waals surface area contributed by atoms with E-state index in [2.05, 4.69) is 44.3 Å². The number of hydrogen-bond acceptors (Lipinski definition) is 5. The molecule has 1 atom stereocenters. The Morgan fingerprint density at radius 1 is 1.38 bits per heavy atom. The lowest BCUT2D eigenvalue weighted by Crippen LogP contribution is -2.43. The lowest BCUT2D eigenvalue weighted by Gasteiger charge is -2.36. The van der Waals surface area contributed by atoms with Crippen molar-refractivity contribution in [2.45, 2.75) is 38.1 Å². The number of nitrogens with one attached hydrogen (secondary N) is 1. The van der Waals surface area contributed by atoms with E-state index in [0.29, 0.717) is 12.3 Å². The highest BCUT2D eigenvalue weighted by molar-refractivity contribution is 5.88. The fourth-order valence-corrected chi connectivity index (χ4v) is 4.15. The van der Waals surface area contributed by atoms with Crippen molar-refractivity contribution >= 4 is 16.6 Å². The van der Waals surface area contributed by atoms with Gasteiger partial charge in [0.25, 0.3) is 0 Å². The van der Waals surface area contributed by atoms with Crippen LogP contribution in [0.15, 0.2) is 24.8 Å². The molecule has 24 heavy (non-hydrogen) atoms. The van der Waals surface area contributed by atoms with Gasteiger partial charge in [-0.05, 0) is 24.8 Å². The normalized spacial score (nSPS) is 20.5. The molecule has 1 aliphatic carbocycles. The molecule has 1 saturated carbocycles. The van der Waals surface area contributed by atoms with E-state index in [1.807, 2.05) is 12.3 Å². The Balaban J connectivity index is 1.67. The second kappa shape index (κ2) is 6.25. The highest BCUT2D eigenvalue weighted by atomic mass is 15.6. The first-order valence-electron chi connectivity index (χ1n) is 8.63. The Morgan fingerprint density at radius 2 is 2.21 bits per heavy atom. The molecule has 0 amide bonds. The first-order valence-corrected chi connectivity index (χ1v) is 8.63. The summed E-state index contributed by atoms with van der Waals surface area (Å²) in [4.78, 5) is 11.9. The first kappa shape index (κ1) is 15.2. The van der Waals surface area contributed by atoms with Gasteiger partial charge in [-0.15, -0.1) is 0 Å². The minimum atomic E-state index is 0.267. The summed E-state index contributed by atoms with van der Waals surface area (Å²) in [6.45, 7) is 0.811. The van der Waals surface area contributed by atoms with Crippen molar-refractivity contribution in [3.63, 3.8) is 0 Å². The van der Waals surface area contributed by atoms with Gasteiger partial charge in [0.05, 0.1) is 24.2 Å². The van der Waals surface area contributed by atoms with Crippen molar-refractivity contribution in [2.24, 2.45) is 5.92 Å². The number of H-pyrrole nitrogens is 1. The van der Waals surface area contributed by atoms with Gasteiger partial charge in [-0.25, -0.2) is 15.0 Å². The van der Waals surface area contributed by atoms with Gasteiger partial charge < -0.3 is 9.99 Å². The number of aromatic nitrogens is 3. The van der Waals surface area contributed by atoms with Gasteiger partial charge in [0.1, 0.15) is 12.0 Å². The minimum Gasteiger partial charge on any atom is -0.346 e. The van der Waals surface area contributed by atoms with E-state index < -0.39 is 0 Å². The van der Waals surface area contributed by atoms with Crippen molar-refractivity contribution in [2.75, 3.05) is 13.6 Å². The molecule has 6 nitrogen and oxygen atoms in total. The van der Waals surface area contributed by atoms with Gasteiger partial charge in [0.2, 0.25) is 0 Å². The fourth-order valence-electron chi connectivity index (χ4n) is 4.15. The Bertz CT molecular complexity index is 795. The van der Waals surface area contributed by atoms with Crippen molar-refractivity contribution in [3.8, 4) is 6.07 Å². The topological polar surface area (TPSA) is 71.8 Å². The minimum absolute atomic E-state index is 0.267. The van der Waals surface area contributed by atoms with Gasteiger partial charge in [-0.2, -0.15) is 5.26 Å². The third-order valence-electron chi connectivity index (χ3n) is 5.32. The molecule has 4 rings (SSSR count). The van der Waals surface area contributed by atoms with Crippen LogP contribution in [0.2, 0.25) is 0 Å². The molecule has 0 saturated heterocycles. The van der Waals surface area contributed by atoms with Gasteiger partial charge in [-0.1, -0.05) is 12.8 Å². The molecule has 1 aliphatic heterocycles. The van der Waals surface area contributed by atoms with Crippen LogP contribution in [0.3, 0.4) is 0 Å². The second-order valence-corrected chi connectivity index (χ2v) is 6.79. The van der Waals surface area contributed by atoms with Crippen LogP contribution in [0.4, 0.5) is 0 Å². The molecule has 3 heterocycles. The van der Waals surface area contributed by atoms with E-state index in [0.717, 1.165) is 23.3 Å². The van der Waals surface area contributed by atoms with E-state index in [1.165, 1.54) is 31.3 Å². The molecule has 124 valence electrons. The van der Waals surface area contributed by atoms with Gasteiger partial charge >= 0.3 is 0 Å². The Labute approximate surface area is 141 Å². The molecule has 0 radical (unpaired) electrons. The second-order valence-electron chi connectivity index (χ2n) is 6.79. The van der Waals surface area contributed by atoms with Crippen molar-refractivity contribution < 1.29 is 0 Å². The van der Waals surface area contributed by atoms with Crippen molar-refractivity contribution in [1.29, 1.82) is 5.26 Å². The standard InChI is InChI=1S/C18H22N6/c1-23-10-14(17-15-7-9-20-18(15)22-12-21-17)11-24(23)16(6-8-19)13-4-2-3-5-13/h7,9,11-13,16H,2-6,10H2,1H3,(H,20,21,22). The highest BCUT2D eigenvalue weighted by Crippen LogP contribution is 2.36. The molecule has 0 spiro atoms. The van der Waals surface area contributed by atoms with Crippen LogP contribution in [0.25, 0.3) is 16.6 Å². The van der Waals surface area contributed by atoms with Crippen LogP contribution in [0.5, 0.6) is 0 Å². The fraction of sp³-hybridized carbons (Fsp3) is 0.500. The van der Waals surface area contributed by atoms with E-state index in [9.17, 15) is 5.26 Å². The van der Waals surface area contributed by atoms with Gasteiger partial charge in [0.15, 0.2) is 0 Å². The number of rotatable bonds is 4. The molecule has 0 aromatic carbocycles. The lowest BCUT2D eigenvalue weighted by molar-refractivity contribution is 0.0142. The van der Waals surface area contributed by atoms with Crippen molar-refractivity contribution in [1.82, 2.24) is 25.0 Å². The van der Waals surface area contributed by atoms with Crippen LogP contribution in [0.1, 0.15) is 37.8 Å². The summed E-state index contributed by atoms with van der Waals surface area (Å²) in [6.07, 6.45) is 11.3. The van der Waals surface area contributed by atoms with E-state index in [1.54, 1.807) is 6.33 Å². The number of aromatic amines is 1. The summed E-state index contributed by atoms with van der Waals surface area (Å²) in [6, 6.07) is 4.69. The van der Waals surface area contributed by atoms with Gasteiger partial charge in [-0.3, -0.25) is 0 Å². The summed E-state index contributed by atoms with van der Waals surface area (Å²) in [5, 5.41) is 14.8. The Kier molecular flexibility index (Phi) is 3.95. The molecule has 2 aliphatic rings. The van der Waals surface area contributed by atoms with E-state index in [4.69, 9.17) is 0 Å². The number of likely N-dealkylation sites (N-methyl/N-ethyl adjacent to an activating group) is 1. The number of fused-ring (bicyclic) bond motifs is 1. The molecular formula is C18H22N6. The molecule has 1 fully saturated rings. The van der Waals surface area contributed by atoms with Crippen molar-refractivity contribution in [3.05, 3.63) is 30.5 Å². The molecule has 2 aromatic rings. The molecule has 0 bridgehead atoms. The van der Waals surface area contributed by atoms with Crippen LogP contribution in [-0.2, 0) is 0 Å². The largest absolute Gasteiger partial charge is 0.346 e. The third-order valence-corrected chi connectivity index (χ3v) is 5.32. The maximum atomic E-state index is 9.30. The van der Waals surface area contributed by atoms with Gasteiger partial charge in [0, 0.05) is 36.9 Å². The van der Waals surface area contributed by atoms with Crippen LogP contribution in [-0.4, -0.2) is 44.6 Å². The highest BCUT2D eigenvalue weighted by Gasteiger charge is 2.34. The molecule has 2 aromatic heterocycles. The van der Waals surface area contributed by atoms with E-state index in [-0.39, 0.29) is 6.04 Å². The zero-order chi connectivity index (χ0) is 16.5. The summed E-state index contributed by atoms with van der Waals surface area (Å²) in [5.41, 5.74) is 3.04. The Morgan fingerprint density at radius 3 is 3.00 bits per heavy atom. The third kappa shape index (κ3) is 2.55. The zero-order valence-corrected chi connectivity index (χ0v) is 13.9. The summed E-state index contributed by atoms with van der Waals surface area (Å²) < 4.78 is 0. The predicted octanol–water partition coefficient (Wildman–Crippen LogP) is 2.93. The van der Waals surface area contributed by atoms with Crippen LogP contribution in [0, 0.1) is 17.2 Å². The number of nitrogens with zero attached hydrogens (tertiary/aromatic N) is 5. The Hall–Kier alpha value is -2.39. The van der Waals surface area contributed by atoms with E-state index >= 15 is 0 Å². The molecule has 1 N–H and O–H groups in total. The summed E-state index contributed by atoms with van der Waals surface area (Å²) >= 11 is 0. The number of hydrazine groups is 1. The number of nitriles is 1. The van der Waals surface area contributed by atoms with Crippen LogP contribution < -0.4 is 0 Å².